The summed E-state index contributed by atoms with van der Waals surface area (Å²) in [4.78, 5) is 13.4. The quantitative estimate of drug-likeness (QED) is 0.217. The summed E-state index contributed by atoms with van der Waals surface area (Å²) in [6.45, 7) is 4.69. The Bertz CT molecular complexity index is 1220. The van der Waals surface area contributed by atoms with Crippen molar-refractivity contribution < 1.29 is 24.6 Å². The van der Waals surface area contributed by atoms with Crippen LogP contribution in [-0.2, 0) is 15.5 Å². The first-order valence-corrected chi connectivity index (χ1v) is 14.3. The third kappa shape index (κ3) is 9.49. The van der Waals surface area contributed by atoms with Gasteiger partial charge in [0.15, 0.2) is 0 Å². The number of nitrogen functional groups attached to an aromatic ring is 1. The zero-order valence-corrected chi connectivity index (χ0v) is 23.1. The topological polar surface area (TPSA) is 172 Å². The van der Waals surface area contributed by atoms with E-state index in [1.165, 1.54) is 0 Å². The van der Waals surface area contributed by atoms with Gasteiger partial charge in [-0.15, -0.1) is 0 Å². The van der Waals surface area contributed by atoms with Crippen LogP contribution in [0.1, 0.15) is 13.1 Å². The van der Waals surface area contributed by atoms with Gasteiger partial charge >= 0.3 is 0 Å². The van der Waals surface area contributed by atoms with E-state index < -0.39 is 10.8 Å². The molecule has 0 spiro atoms. The molecule has 5 rings (SSSR count). The van der Waals surface area contributed by atoms with E-state index in [0.717, 1.165) is 69.7 Å². The predicted molar refractivity (Wildman–Crippen MR) is 163 cm³/mol. The molecule has 38 heavy (non-hydrogen) atoms. The fourth-order valence-electron chi connectivity index (χ4n) is 3.87. The molecule has 3 aromatic rings. The van der Waals surface area contributed by atoms with Crippen LogP contribution in [0.3, 0.4) is 0 Å². The zero-order valence-electron chi connectivity index (χ0n) is 20.7. The van der Waals surface area contributed by atoms with Crippen molar-refractivity contribution in [2.45, 2.75) is 12.7 Å². The number of nitrogens with zero attached hydrogens (tertiary/aromatic N) is 2. The Morgan fingerprint density at radius 2 is 1.97 bits per heavy atom. The Balaban J connectivity index is 0.000000632. The summed E-state index contributed by atoms with van der Waals surface area (Å²) in [6.07, 6.45) is 1.81. The van der Waals surface area contributed by atoms with E-state index in [2.05, 4.69) is 20.9 Å². The van der Waals surface area contributed by atoms with E-state index in [1.54, 1.807) is 7.11 Å². The number of rotatable bonds is 7. The highest BCUT2D eigenvalue weighted by Gasteiger charge is 2.26. The second-order valence-corrected chi connectivity index (χ2v) is 11.7. The molecule has 0 saturated carbocycles. The average Bonchev–Trinajstić information content (AvgIpc) is 3.49. The summed E-state index contributed by atoms with van der Waals surface area (Å²) in [7, 11) is 1.02. The van der Waals surface area contributed by atoms with Crippen molar-refractivity contribution in [3.63, 3.8) is 0 Å². The van der Waals surface area contributed by atoms with E-state index in [0.29, 0.717) is 24.2 Å². The summed E-state index contributed by atoms with van der Waals surface area (Å²) in [6, 6.07) is 11.6. The van der Waals surface area contributed by atoms with Crippen molar-refractivity contribution in [3.8, 4) is 5.75 Å². The van der Waals surface area contributed by atoms with E-state index in [-0.39, 0.29) is 18.4 Å². The van der Waals surface area contributed by atoms with Gasteiger partial charge in [0.25, 0.3) is 0 Å². The molecule has 13 heteroatoms. The number of H-pyrrole nitrogens is 2. The van der Waals surface area contributed by atoms with Crippen LogP contribution in [0.4, 0.5) is 5.69 Å². The molecule has 1 aromatic carbocycles. The number of methoxy groups -OCH3 is 1. The number of aromatic nitrogens is 2. The molecule has 1 saturated heterocycles. The Labute approximate surface area is 235 Å². The highest BCUT2D eigenvalue weighted by Crippen LogP contribution is 2.32. The SMILES string of the molecule is C.COCCOc1cc(N)c2[nH]c(C3=NCC(CN4CCS(=O)CC4)S3)cc2c1.O.O.S=c1cccc[nH]1. The van der Waals surface area contributed by atoms with Crippen molar-refractivity contribution in [2.24, 2.45) is 4.99 Å². The lowest BCUT2D eigenvalue weighted by molar-refractivity contribution is 0.146. The van der Waals surface area contributed by atoms with Gasteiger partial charge < -0.3 is 41.0 Å². The van der Waals surface area contributed by atoms with E-state index in [1.807, 2.05) is 48.3 Å². The van der Waals surface area contributed by atoms with Crippen LogP contribution < -0.4 is 10.5 Å². The van der Waals surface area contributed by atoms with Crippen molar-refractivity contribution >= 4 is 56.4 Å². The highest BCUT2D eigenvalue weighted by atomic mass is 32.2. The molecule has 1 fully saturated rings. The minimum atomic E-state index is -0.628. The molecule has 0 radical (unpaired) electrons. The van der Waals surface area contributed by atoms with E-state index in [9.17, 15) is 4.21 Å². The number of ether oxygens (including phenoxy) is 2. The number of anilines is 1. The fourth-order valence-corrected chi connectivity index (χ4v) is 6.28. The van der Waals surface area contributed by atoms with Gasteiger partial charge in [-0.05, 0) is 24.3 Å². The summed E-state index contributed by atoms with van der Waals surface area (Å²) in [5.41, 5.74) is 8.80. The van der Waals surface area contributed by atoms with Gasteiger partial charge in [-0.25, -0.2) is 0 Å². The van der Waals surface area contributed by atoms with Crippen LogP contribution in [0.15, 0.2) is 47.6 Å². The van der Waals surface area contributed by atoms with Gasteiger partial charge in [-0.2, -0.15) is 0 Å². The molecule has 1 unspecified atom stereocenters. The molecule has 2 aliphatic heterocycles. The minimum absolute atomic E-state index is 0. The molecule has 2 aromatic heterocycles. The van der Waals surface area contributed by atoms with Gasteiger partial charge in [0.1, 0.15) is 22.0 Å². The number of thioether (sulfide) groups is 1. The highest BCUT2D eigenvalue weighted by molar-refractivity contribution is 8.15. The average molecular weight is 586 g/mol. The van der Waals surface area contributed by atoms with Crippen LogP contribution in [0.5, 0.6) is 5.75 Å². The van der Waals surface area contributed by atoms with Crippen molar-refractivity contribution in [1.29, 1.82) is 0 Å². The summed E-state index contributed by atoms with van der Waals surface area (Å²) in [5, 5.41) is 2.49. The Hall–Kier alpha value is -2.26. The third-order valence-electron chi connectivity index (χ3n) is 5.65. The number of benzene rings is 1. The zero-order chi connectivity index (χ0) is 24.6. The van der Waals surface area contributed by atoms with Crippen molar-refractivity contribution in [3.05, 3.63) is 52.9 Å². The second-order valence-electron chi connectivity index (χ2n) is 8.26. The second kappa shape index (κ2) is 16.6. The minimum Gasteiger partial charge on any atom is -0.491 e. The number of fused-ring (bicyclic) bond motifs is 1. The lowest BCUT2D eigenvalue weighted by Crippen LogP contribution is -2.41. The molecule has 0 amide bonds. The predicted octanol–water partition coefficient (Wildman–Crippen LogP) is 2.43. The number of pyridine rings is 1. The molecular weight excluding hydrogens is 547 g/mol. The number of hydrogen-bond acceptors (Lipinski definition) is 8. The maximum atomic E-state index is 11.5. The van der Waals surface area contributed by atoms with Gasteiger partial charge in [-0.1, -0.05) is 37.5 Å². The van der Waals surface area contributed by atoms with Gasteiger partial charge in [-0.3, -0.25) is 9.20 Å². The molecular formula is C25H39N5O5S3. The first-order chi connectivity index (χ1) is 17.0. The smallest absolute Gasteiger partial charge is 0.122 e. The molecule has 212 valence electrons. The largest absolute Gasteiger partial charge is 0.491 e. The van der Waals surface area contributed by atoms with Gasteiger partial charge in [0.2, 0.25) is 0 Å². The molecule has 2 aliphatic rings. The van der Waals surface area contributed by atoms with E-state index >= 15 is 0 Å². The summed E-state index contributed by atoms with van der Waals surface area (Å²) >= 11 is 6.57. The fraction of sp³-hybridized carbons (Fsp3) is 0.440. The van der Waals surface area contributed by atoms with Crippen LogP contribution in [0.2, 0.25) is 0 Å². The first kappa shape index (κ1) is 33.8. The Morgan fingerprint density at radius 1 is 1.21 bits per heavy atom. The summed E-state index contributed by atoms with van der Waals surface area (Å²) in [5.74, 6) is 2.33. The van der Waals surface area contributed by atoms with Crippen LogP contribution in [-0.4, -0.2) is 98.3 Å². The van der Waals surface area contributed by atoms with Crippen molar-refractivity contribution in [2.75, 3.05) is 63.7 Å². The standard InChI is InChI=1S/C19H26N4O3S2.C5H5NS.CH4.2H2O/c1-25-4-5-26-14-8-13-9-17(22-18(13)16(20)10-14)19-21-11-15(27-19)12-23-2-6-28(24)7-3-23;7-5-3-1-2-4-6-5;;;/h8-10,15,22H,2-7,11-12,20H2,1H3;1-4H,(H,6,7);1H4;2*1H2. The van der Waals surface area contributed by atoms with Crippen LogP contribution in [0.25, 0.3) is 10.9 Å². The maximum absolute atomic E-state index is 11.5. The molecule has 4 heterocycles. The Kier molecular flexibility index (Phi) is 14.8. The van der Waals surface area contributed by atoms with Crippen LogP contribution in [0, 0.1) is 4.64 Å². The Morgan fingerprint density at radius 3 is 2.61 bits per heavy atom. The maximum Gasteiger partial charge on any atom is 0.122 e. The number of nitrogens with one attached hydrogen (secondary N) is 2. The number of aromatic amines is 2. The first-order valence-electron chi connectivity index (χ1n) is 11.5. The molecule has 0 bridgehead atoms. The number of hydrogen-bond donors (Lipinski definition) is 3. The summed E-state index contributed by atoms with van der Waals surface area (Å²) < 4.78 is 23.0. The molecule has 0 aliphatic carbocycles. The number of nitrogens with two attached hydrogens (primary N) is 1. The molecule has 10 nitrogen and oxygen atoms in total. The van der Waals surface area contributed by atoms with Crippen molar-refractivity contribution in [1.82, 2.24) is 14.9 Å². The van der Waals surface area contributed by atoms with Gasteiger partial charge in [0, 0.05) is 71.9 Å². The lowest BCUT2D eigenvalue weighted by atomic mass is 10.2. The molecule has 8 N–H and O–H groups in total. The lowest BCUT2D eigenvalue weighted by Gasteiger charge is -2.27. The third-order valence-corrected chi connectivity index (χ3v) is 8.38. The monoisotopic (exact) mass is 585 g/mol. The molecule has 1 atom stereocenters. The normalized spacial score (nSPS) is 17.3. The van der Waals surface area contributed by atoms with Crippen LogP contribution >= 0.6 is 24.0 Å². The number of aliphatic imine (C=N–C) groups is 1. The van der Waals surface area contributed by atoms with Gasteiger partial charge in [0.05, 0.1) is 30.0 Å². The van der Waals surface area contributed by atoms with E-state index in [4.69, 9.17) is 32.4 Å².